The van der Waals surface area contributed by atoms with Crippen LogP contribution in [0.2, 0.25) is 0 Å². The van der Waals surface area contributed by atoms with Gasteiger partial charge in [-0.05, 0) is 34.9 Å². The van der Waals surface area contributed by atoms with Crippen molar-refractivity contribution in [2.24, 2.45) is 5.73 Å². The Hall–Kier alpha value is -1.87. The second kappa shape index (κ2) is 4.97. The van der Waals surface area contributed by atoms with Crippen molar-refractivity contribution in [1.82, 2.24) is 4.98 Å². The Labute approximate surface area is 102 Å². The molecular formula is C14H17N3. The van der Waals surface area contributed by atoms with E-state index < -0.39 is 0 Å². The molecule has 3 nitrogen and oxygen atoms in total. The molecule has 0 saturated heterocycles. The number of nitrogens with two attached hydrogens (primary N) is 1. The van der Waals surface area contributed by atoms with Crippen molar-refractivity contribution < 1.29 is 0 Å². The van der Waals surface area contributed by atoms with E-state index in [4.69, 9.17) is 5.73 Å². The second-order valence-corrected chi connectivity index (χ2v) is 4.20. The van der Waals surface area contributed by atoms with Crippen LogP contribution in [0.15, 0.2) is 42.6 Å². The Morgan fingerprint density at radius 1 is 1.12 bits per heavy atom. The van der Waals surface area contributed by atoms with Crippen molar-refractivity contribution in [3.05, 3.63) is 48.2 Å². The summed E-state index contributed by atoms with van der Waals surface area (Å²) in [5, 5.41) is 0. The Morgan fingerprint density at radius 3 is 2.59 bits per heavy atom. The zero-order valence-electron chi connectivity index (χ0n) is 10.2. The first-order chi connectivity index (χ1) is 8.20. The lowest BCUT2D eigenvalue weighted by atomic mass is 10.0. The molecule has 0 aliphatic carbocycles. The van der Waals surface area contributed by atoms with Gasteiger partial charge in [0.25, 0.3) is 0 Å². The third kappa shape index (κ3) is 2.63. The fraction of sp³-hybridized carbons (Fsp3) is 0.214. The molecule has 1 heterocycles. The van der Waals surface area contributed by atoms with Gasteiger partial charge >= 0.3 is 0 Å². The molecule has 0 amide bonds. The normalized spacial score (nSPS) is 10.3. The molecule has 2 N–H and O–H groups in total. The van der Waals surface area contributed by atoms with Gasteiger partial charge in [-0.15, -0.1) is 0 Å². The number of rotatable bonds is 3. The van der Waals surface area contributed by atoms with Gasteiger partial charge < -0.3 is 10.6 Å². The van der Waals surface area contributed by atoms with Crippen LogP contribution < -0.4 is 10.6 Å². The molecular weight excluding hydrogens is 210 g/mol. The van der Waals surface area contributed by atoms with Crippen molar-refractivity contribution in [2.75, 3.05) is 19.0 Å². The van der Waals surface area contributed by atoms with Gasteiger partial charge in [0, 0.05) is 26.8 Å². The number of nitrogens with zero attached hydrogens (tertiary/aromatic N) is 2. The number of benzene rings is 1. The zero-order valence-corrected chi connectivity index (χ0v) is 10.2. The van der Waals surface area contributed by atoms with E-state index in [9.17, 15) is 0 Å². The molecule has 2 rings (SSSR count). The number of aromatic nitrogens is 1. The smallest absolute Gasteiger partial charge is 0.128 e. The third-order valence-electron chi connectivity index (χ3n) is 2.70. The summed E-state index contributed by atoms with van der Waals surface area (Å²) in [7, 11) is 3.98. The van der Waals surface area contributed by atoms with E-state index in [1.54, 1.807) is 0 Å². The van der Waals surface area contributed by atoms with Gasteiger partial charge in [-0.25, -0.2) is 4.98 Å². The second-order valence-electron chi connectivity index (χ2n) is 4.20. The van der Waals surface area contributed by atoms with E-state index in [2.05, 4.69) is 23.2 Å². The minimum atomic E-state index is 0.569. The Bertz CT molecular complexity index is 506. The van der Waals surface area contributed by atoms with Crippen LogP contribution in [0.5, 0.6) is 0 Å². The minimum Gasteiger partial charge on any atom is -0.363 e. The quantitative estimate of drug-likeness (QED) is 0.874. The molecule has 0 unspecified atom stereocenters. The maximum atomic E-state index is 5.65. The standard InChI is InChI=1S/C14H17N3/c1-17(2)14-9-13(6-7-16-14)12-5-3-4-11(8-12)10-15/h3-9H,10,15H2,1-2H3. The molecule has 88 valence electrons. The predicted molar refractivity (Wildman–Crippen MR) is 71.9 cm³/mol. The Kier molecular flexibility index (Phi) is 3.40. The van der Waals surface area contributed by atoms with Gasteiger partial charge in [-0.2, -0.15) is 0 Å². The van der Waals surface area contributed by atoms with Gasteiger partial charge in [-0.3, -0.25) is 0 Å². The van der Waals surface area contributed by atoms with Crippen molar-refractivity contribution in [3.63, 3.8) is 0 Å². The largest absolute Gasteiger partial charge is 0.363 e. The molecule has 1 aromatic heterocycles. The van der Waals surface area contributed by atoms with Crippen molar-refractivity contribution in [1.29, 1.82) is 0 Å². The molecule has 0 bridgehead atoms. The zero-order chi connectivity index (χ0) is 12.3. The van der Waals surface area contributed by atoms with Crippen LogP contribution in [0.25, 0.3) is 11.1 Å². The summed E-state index contributed by atoms with van der Waals surface area (Å²) in [5.74, 6) is 0.959. The summed E-state index contributed by atoms with van der Waals surface area (Å²) in [4.78, 5) is 6.30. The summed E-state index contributed by atoms with van der Waals surface area (Å²) in [6, 6.07) is 12.4. The van der Waals surface area contributed by atoms with E-state index >= 15 is 0 Å². The molecule has 0 spiro atoms. The minimum absolute atomic E-state index is 0.569. The monoisotopic (exact) mass is 227 g/mol. The van der Waals surface area contributed by atoms with E-state index in [0.717, 1.165) is 11.4 Å². The fourth-order valence-electron chi connectivity index (χ4n) is 1.72. The lowest BCUT2D eigenvalue weighted by Crippen LogP contribution is -2.10. The van der Waals surface area contributed by atoms with E-state index in [1.807, 2.05) is 43.4 Å². The molecule has 3 heteroatoms. The highest BCUT2D eigenvalue weighted by Gasteiger charge is 2.02. The van der Waals surface area contributed by atoms with Crippen LogP contribution in [0.3, 0.4) is 0 Å². The Morgan fingerprint density at radius 2 is 1.88 bits per heavy atom. The number of hydrogen-bond donors (Lipinski definition) is 1. The van der Waals surface area contributed by atoms with Crippen LogP contribution in [0.1, 0.15) is 5.56 Å². The topological polar surface area (TPSA) is 42.1 Å². The van der Waals surface area contributed by atoms with Gasteiger partial charge in [0.1, 0.15) is 5.82 Å². The molecule has 0 aliphatic heterocycles. The lowest BCUT2D eigenvalue weighted by Gasteiger charge is -2.12. The maximum Gasteiger partial charge on any atom is 0.128 e. The van der Waals surface area contributed by atoms with Crippen molar-refractivity contribution in [3.8, 4) is 11.1 Å². The van der Waals surface area contributed by atoms with Crippen molar-refractivity contribution in [2.45, 2.75) is 6.54 Å². The molecule has 0 atom stereocenters. The lowest BCUT2D eigenvalue weighted by molar-refractivity contribution is 1.07. The average Bonchev–Trinajstić information content (AvgIpc) is 2.39. The molecule has 17 heavy (non-hydrogen) atoms. The van der Waals surface area contributed by atoms with E-state index in [1.165, 1.54) is 11.1 Å². The fourth-order valence-corrected chi connectivity index (χ4v) is 1.72. The maximum absolute atomic E-state index is 5.65. The Balaban J connectivity index is 2.41. The van der Waals surface area contributed by atoms with Gasteiger partial charge in [0.2, 0.25) is 0 Å². The van der Waals surface area contributed by atoms with E-state index in [-0.39, 0.29) is 0 Å². The van der Waals surface area contributed by atoms with Gasteiger partial charge in [-0.1, -0.05) is 18.2 Å². The van der Waals surface area contributed by atoms with Crippen LogP contribution in [-0.2, 0) is 6.54 Å². The predicted octanol–water partition coefficient (Wildman–Crippen LogP) is 2.27. The van der Waals surface area contributed by atoms with E-state index in [0.29, 0.717) is 6.54 Å². The molecule has 0 fully saturated rings. The van der Waals surface area contributed by atoms with Crippen molar-refractivity contribution >= 4 is 5.82 Å². The molecule has 0 saturated carbocycles. The van der Waals surface area contributed by atoms with Gasteiger partial charge in [0.15, 0.2) is 0 Å². The first-order valence-corrected chi connectivity index (χ1v) is 5.63. The first-order valence-electron chi connectivity index (χ1n) is 5.63. The highest BCUT2D eigenvalue weighted by atomic mass is 15.1. The SMILES string of the molecule is CN(C)c1cc(-c2cccc(CN)c2)ccn1. The molecule has 0 radical (unpaired) electrons. The van der Waals surface area contributed by atoms with Gasteiger partial charge in [0.05, 0.1) is 0 Å². The first kappa shape index (κ1) is 11.6. The average molecular weight is 227 g/mol. The highest BCUT2D eigenvalue weighted by Crippen LogP contribution is 2.22. The van der Waals surface area contributed by atoms with Crippen LogP contribution in [0, 0.1) is 0 Å². The van der Waals surface area contributed by atoms with Crippen LogP contribution in [-0.4, -0.2) is 19.1 Å². The number of pyridine rings is 1. The molecule has 0 aliphatic rings. The summed E-state index contributed by atoms with van der Waals surface area (Å²) in [6.07, 6.45) is 1.83. The molecule has 2 aromatic rings. The summed E-state index contributed by atoms with van der Waals surface area (Å²) in [5.41, 5.74) is 9.14. The number of anilines is 1. The summed E-state index contributed by atoms with van der Waals surface area (Å²) in [6.45, 7) is 0.569. The third-order valence-corrected chi connectivity index (χ3v) is 2.70. The molecule has 1 aromatic carbocycles. The summed E-state index contributed by atoms with van der Waals surface area (Å²) < 4.78 is 0. The van der Waals surface area contributed by atoms with Crippen LogP contribution >= 0.6 is 0 Å². The number of hydrogen-bond acceptors (Lipinski definition) is 3. The highest BCUT2D eigenvalue weighted by molar-refractivity contribution is 5.67. The summed E-state index contributed by atoms with van der Waals surface area (Å²) >= 11 is 0. The van der Waals surface area contributed by atoms with Crippen LogP contribution in [0.4, 0.5) is 5.82 Å².